The van der Waals surface area contributed by atoms with Crippen molar-refractivity contribution in [2.75, 3.05) is 0 Å². The van der Waals surface area contributed by atoms with Crippen LogP contribution < -0.4 is 5.32 Å². The summed E-state index contributed by atoms with van der Waals surface area (Å²) in [4.78, 5) is 33.4. The fourth-order valence-electron chi connectivity index (χ4n) is 1.64. The molecule has 0 aromatic heterocycles. The van der Waals surface area contributed by atoms with Crippen molar-refractivity contribution < 1.29 is 24.6 Å². The number of carbonyl (C=O) groups excluding carboxylic acids is 1. The Morgan fingerprint density at radius 1 is 1.10 bits per heavy atom. The lowest BCUT2D eigenvalue weighted by molar-refractivity contribution is -0.145. The summed E-state index contributed by atoms with van der Waals surface area (Å²) in [6.07, 6.45) is -0.274. The summed E-state index contributed by atoms with van der Waals surface area (Å²) in [5.74, 6) is -2.64. The maximum atomic E-state index is 11.8. The second-order valence-electron chi connectivity index (χ2n) is 4.35. The lowest BCUT2D eigenvalue weighted by Crippen LogP contribution is -2.41. The average molecular weight is 309 g/mol. The zero-order valence-corrected chi connectivity index (χ0v) is 11.9. The zero-order chi connectivity index (χ0) is 15.8. The van der Waals surface area contributed by atoms with Gasteiger partial charge >= 0.3 is 11.9 Å². The minimum atomic E-state index is -1.30. The number of nitrogens with one attached hydrogen (secondary N) is 1. The lowest BCUT2D eigenvalue weighted by atomic mass is 10.1. The molecule has 0 aliphatic rings. The van der Waals surface area contributed by atoms with E-state index in [-0.39, 0.29) is 23.6 Å². The molecule has 112 valence electrons. The van der Waals surface area contributed by atoms with E-state index in [4.69, 9.17) is 22.4 Å². The van der Waals surface area contributed by atoms with E-state index in [1.807, 2.05) is 0 Å². The standard InChI is InChI=1S/C14H15NO5S/c16-11(9-4-2-1-3-5-9)6-7-12(21)15-10(14(19)20)8-13(17)18/h1-5,10H,6-8H2,(H,15,21)(H,17,18)(H,19,20)/t10-/m0/s1. The number of rotatable bonds is 8. The quantitative estimate of drug-likeness (QED) is 0.494. The van der Waals surface area contributed by atoms with Gasteiger partial charge < -0.3 is 15.5 Å². The highest BCUT2D eigenvalue weighted by atomic mass is 32.1. The molecule has 0 aliphatic carbocycles. The number of Topliss-reactive ketones (excluding diaryl/α,β-unsaturated/α-hetero) is 1. The summed E-state index contributed by atoms with van der Waals surface area (Å²) in [5, 5.41) is 19.9. The molecule has 0 spiro atoms. The summed E-state index contributed by atoms with van der Waals surface area (Å²) in [7, 11) is 0. The predicted octanol–water partition coefficient (Wildman–Crippen LogP) is 1.49. The fourth-order valence-corrected chi connectivity index (χ4v) is 1.88. The maximum absolute atomic E-state index is 11.8. The highest BCUT2D eigenvalue weighted by Gasteiger charge is 2.21. The molecule has 0 heterocycles. The normalized spacial score (nSPS) is 11.4. The molecule has 0 unspecified atom stereocenters. The second-order valence-corrected chi connectivity index (χ2v) is 4.84. The third kappa shape index (κ3) is 6.13. The Morgan fingerprint density at radius 2 is 1.71 bits per heavy atom. The van der Waals surface area contributed by atoms with Gasteiger partial charge in [-0.15, -0.1) is 0 Å². The monoisotopic (exact) mass is 309 g/mol. The van der Waals surface area contributed by atoms with Crippen LogP contribution in [-0.4, -0.2) is 39.0 Å². The number of carbonyl (C=O) groups is 3. The van der Waals surface area contributed by atoms with Crippen LogP contribution in [0.4, 0.5) is 0 Å². The summed E-state index contributed by atoms with van der Waals surface area (Å²) in [6, 6.07) is 7.37. The number of carboxylic acid groups (broad SMARTS) is 2. The van der Waals surface area contributed by atoms with E-state index in [1.54, 1.807) is 30.3 Å². The maximum Gasteiger partial charge on any atom is 0.326 e. The number of ketones is 1. The van der Waals surface area contributed by atoms with Gasteiger partial charge in [-0.3, -0.25) is 9.59 Å². The first-order valence-electron chi connectivity index (χ1n) is 6.22. The number of hydrogen-bond donors (Lipinski definition) is 3. The third-order valence-electron chi connectivity index (χ3n) is 2.69. The summed E-state index contributed by atoms with van der Waals surface area (Å²) in [6.45, 7) is 0. The molecule has 1 aromatic carbocycles. The average Bonchev–Trinajstić information content (AvgIpc) is 2.44. The number of aliphatic carboxylic acids is 2. The Hall–Kier alpha value is -2.28. The molecule has 3 N–H and O–H groups in total. The topological polar surface area (TPSA) is 104 Å². The first kappa shape index (κ1) is 16.8. The molecule has 0 saturated heterocycles. The summed E-state index contributed by atoms with van der Waals surface area (Å²) in [5.41, 5.74) is 0.556. The summed E-state index contributed by atoms with van der Waals surface area (Å²) < 4.78 is 0. The van der Waals surface area contributed by atoms with Crippen molar-refractivity contribution in [3.63, 3.8) is 0 Å². The lowest BCUT2D eigenvalue weighted by Gasteiger charge is -2.14. The Kier molecular flexibility index (Phi) is 6.48. The fraction of sp³-hybridized carbons (Fsp3) is 0.286. The van der Waals surface area contributed by atoms with Gasteiger partial charge in [0.15, 0.2) is 5.78 Å². The SMILES string of the molecule is O=C(O)C[C@H](NC(=S)CCC(=O)c1ccccc1)C(=O)O. The first-order valence-corrected chi connectivity index (χ1v) is 6.63. The Balaban J connectivity index is 2.48. The van der Waals surface area contributed by atoms with Gasteiger partial charge in [0.25, 0.3) is 0 Å². The molecule has 1 rings (SSSR count). The van der Waals surface area contributed by atoms with Gasteiger partial charge in [-0.05, 0) is 0 Å². The molecule has 7 heteroatoms. The Labute approximate surface area is 126 Å². The molecule has 0 amide bonds. The van der Waals surface area contributed by atoms with E-state index >= 15 is 0 Å². The zero-order valence-electron chi connectivity index (χ0n) is 11.1. The van der Waals surface area contributed by atoms with Crippen molar-refractivity contribution >= 4 is 34.9 Å². The van der Waals surface area contributed by atoms with Crippen molar-refractivity contribution in [2.24, 2.45) is 0 Å². The van der Waals surface area contributed by atoms with Gasteiger partial charge in [0.05, 0.1) is 11.4 Å². The van der Waals surface area contributed by atoms with Crippen molar-refractivity contribution in [3.05, 3.63) is 35.9 Å². The van der Waals surface area contributed by atoms with Gasteiger partial charge in [-0.1, -0.05) is 42.5 Å². The van der Waals surface area contributed by atoms with Crippen molar-refractivity contribution in [3.8, 4) is 0 Å². The largest absolute Gasteiger partial charge is 0.481 e. The van der Waals surface area contributed by atoms with E-state index in [9.17, 15) is 14.4 Å². The highest BCUT2D eigenvalue weighted by Crippen LogP contribution is 2.06. The molecular formula is C14H15NO5S. The van der Waals surface area contributed by atoms with Crippen LogP contribution >= 0.6 is 12.2 Å². The van der Waals surface area contributed by atoms with Crippen molar-refractivity contribution in [1.82, 2.24) is 5.32 Å². The number of benzene rings is 1. The molecule has 1 atom stereocenters. The Bertz CT molecular complexity index is 544. The van der Waals surface area contributed by atoms with E-state index < -0.39 is 24.4 Å². The van der Waals surface area contributed by atoms with Crippen molar-refractivity contribution in [1.29, 1.82) is 0 Å². The smallest absolute Gasteiger partial charge is 0.326 e. The third-order valence-corrected chi connectivity index (χ3v) is 3.01. The molecule has 0 fully saturated rings. The molecule has 0 aliphatic heterocycles. The van der Waals surface area contributed by atoms with Crippen LogP contribution in [0.2, 0.25) is 0 Å². The molecular weight excluding hydrogens is 294 g/mol. The van der Waals surface area contributed by atoms with E-state index in [0.717, 1.165) is 0 Å². The number of carboxylic acids is 2. The van der Waals surface area contributed by atoms with Gasteiger partial charge in [-0.2, -0.15) is 0 Å². The van der Waals surface area contributed by atoms with Crippen LogP contribution in [0, 0.1) is 0 Å². The van der Waals surface area contributed by atoms with Crippen LogP contribution in [0.25, 0.3) is 0 Å². The predicted molar refractivity (Wildman–Crippen MR) is 79.4 cm³/mol. The van der Waals surface area contributed by atoms with Crippen LogP contribution in [0.15, 0.2) is 30.3 Å². The Morgan fingerprint density at radius 3 is 2.24 bits per heavy atom. The van der Waals surface area contributed by atoms with Gasteiger partial charge in [0.1, 0.15) is 6.04 Å². The van der Waals surface area contributed by atoms with Crippen LogP contribution in [0.1, 0.15) is 29.6 Å². The minimum Gasteiger partial charge on any atom is -0.481 e. The van der Waals surface area contributed by atoms with Crippen LogP contribution in [0.3, 0.4) is 0 Å². The highest BCUT2D eigenvalue weighted by molar-refractivity contribution is 7.80. The molecule has 6 nitrogen and oxygen atoms in total. The first-order chi connectivity index (χ1) is 9.90. The molecule has 0 saturated carbocycles. The van der Waals surface area contributed by atoms with Crippen molar-refractivity contribution in [2.45, 2.75) is 25.3 Å². The van der Waals surface area contributed by atoms with Gasteiger partial charge in [-0.25, -0.2) is 4.79 Å². The minimum absolute atomic E-state index is 0.107. The molecule has 0 bridgehead atoms. The van der Waals surface area contributed by atoms with Gasteiger partial charge in [0, 0.05) is 18.4 Å². The molecule has 1 aromatic rings. The van der Waals surface area contributed by atoms with Crippen LogP contribution in [-0.2, 0) is 9.59 Å². The summed E-state index contributed by atoms with van der Waals surface area (Å²) >= 11 is 4.95. The number of hydrogen-bond acceptors (Lipinski definition) is 4. The van der Waals surface area contributed by atoms with Crippen LogP contribution in [0.5, 0.6) is 0 Å². The van der Waals surface area contributed by atoms with E-state index in [1.165, 1.54) is 0 Å². The second kappa shape index (κ2) is 8.11. The molecule has 0 radical (unpaired) electrons. The van der Waals surface area contributed by atoms with E-state index in [0.29, 0.717) is 5.56 Å². The molecule has 21 heavy (non-hydrogen) atoms. The number of thiocarbonyl (C=S) groups is 1. The van der Waals surface area contributed by atoms with E-state index in [2.05, 4.69) is 5.32 Å². The van der Waals surface area contributed by atoms with Gasteiger partial charge in [0.2, 0.25) is 0 Å².